The Kier molecular flexibility index (Phi) is 3.18. The number of hydrogen-bond acceptors (Lipinski definition) is 0. The molecule has 1 atom stereocenters. The molecule has 16 heavy (non-hydrogen) atoms. The van der Waals surface area contributed by atoms with Gasteiger partial charge in [0, 0.05) is 5.92 Å². The summed E-state index contributed by atoms with van der Waals surface area (Å²) in [4.78, 5) is 0. The maximum Gasteiger partial charge on any atom is 0.00533 e. The van der Waals surface area contributed by atoms with Gasteiger partial charge in [-0.05, 0) is 43.7 Å². The van der Waals surface area contributed by atoms with Gasteiger partial charge in [0.05, 0.1) is 0 Å². The lowest BCUT2D eigenvalue weighted by atomic mass is 9.76. The van der Waals surface area contributed by atoms with Crippen molar-refractivity contribution in [3.8, 4) is 0 Å². The van der Waals surface area contributed by atoms with Crippen LogP contribution in [-0.4, -0.2) is 0 Å². The van der Waals surface area contributed by atoms with Crippen LogP contribution >= 0.6 is 0 Å². The van der Waals surface area contributed by atoms with Crippen LogP contribution in [0.3, 0.4) is 0 Å². The lowest BCUT2D eigenvalue weighted by Crippen LogP contribution is -2.14. The minimum Gasteiger partial charge on any atom is -0.0694 e. The summed E-state index contributed by atoms with van der Waals surface area (Å²) < 4.78 is 0. The van der Waals surface area contributed by atoms with Gasteiger partial charge in [-0.25, -0.2) is 0 Å². The van der Waals surface area contributed by atoms with Crippen LogP contribution in [0.15, 0.2) is 35.4 Å². The van der Waals surface area contributed by atoms with E-state index < -0.39 is 0 Å². The highest BCUT2D eigenvalue weighted by molar-refractivity contribution is 5.43. The van der Waals surface area contributed by atoms with E-state index >= 15 is 0 Å². The van der Waals surface area contributed by atoms with E-state index in [0.717, 1.165) is 12.3 Å². The molecule has 0 saturated carbocycles. The molecule has 0 heteroatoms. The third-order valence-corrected chi connectivity index (χ3v) is 3.79. The molecule has 0 amide bonds. The van der Waals surface area contributed by atoms with Gasteiger partial charge < -0.3 is 0 Å². The summed E-state index contributed by atoms with van der Waals surface area (Å²) in [6, 6.07) is 8.95. The van der Waals surface area contributed by atoms with Crippen LogP contribution < -0.4 is 0 Å². The lowest BCUT2D eigenvalue weighted by molar-refractivity contribution is 0.526. The van der Waals surface area contributed by atoms with Crippen molar-refractivity contribution in [1.82, 2.24) is 0 Å². The van der Waals surface area contributed by atoms with E-state index in [4.69, 9.17) is 0 Å². The van der Waals surface area contributed by atoms with Crippen LogP contribution in [0.1, 0.15) is 51.2 Å². The summed E-state index contributed by atoms with van der Waals surface area (Å²) in [6.07, 6.45) is 2.43. The molecular weight excluding hydrogens is 192 g/mol. The van der Waals surface area contributed by atoms with Crippen LogP contribution in [0.4, 0.5) is 0 Å². The predicted molar refractivity (Wildman–Crippen MR) is 70.7 cm³/mol. The van der Waals surface area contributed by atoms with Crippen molar-refractivity contribution in [3.63, 3.8) is 0 Å². The Morgan fingerprint density at radius 1 is 1.19 bits per heavy atom. The Balaban J connectivity index is 2.41. The SMILES string of the molecule is CC1=C(C)C(CC(C)C)c2ccccc2C1. The van der Waals surface area contributed by atoms with Crippen molar-refractivity contribution in [2.24, 2.45) is 5.92 Å². The van der Waals surface area contributed by atoms with Gasteiger partial charge in [-0.2, -0.15) is 0 Å². The predicted octanol–water partition coefficient (Wildman–Crippen LogP) is 4.71. The summed E-state index contributed by atoms with van der Waals surface area (Å²) in [6.45, 7) is 9.25. The van der Waals surface area contributed by atoms with Crippen molar-refractivity contribution in [1.29, 1.82) is 0 Å². The molecule has 0 N–H and O–H groups in total. The van der Waals surface area contributed by atoms with Gasteiger partial charge in [-0.1, -0.05) is 49.3 Å². The minimum atomic E-state index is 0.657. The summed E-state index contributed by atoms with van der Waals surface area (Å²) in [7, 11) is 0. The normalized spacial score (nSPS) is 20.2. The third-order valence-electron chi connectivity index (χ3n) is 3.79. The molecule has 0 bridgehead atoms. The highest BCUT2D eigenvalue weighted by Crippen LogP contribution is 2.39. The Morgan fingerprint density at radius 2 is 1.88 bits per heavy atom. The largest absolute Gasteiger partial charge is 0.0694 e. The van der Waals surface area contributed by atoms with E-state index in [9.17, 15) is 0 Å². The van der Waals surface area contributed by atoms with E-state index in [1.807, 2.05) is 0 Å². The summed E-state index contributed by atoms with van der Waals surface area (Å²) >= 11 is 0. The molecule has 0 aromatic heterocycles. The highest BCUT2D eigenvalue weighted by atomic mass is 14.3. The second-order valence-corrected chi connectivity index (χ2v) is 5.52. The molecular formula is C16H22. The monoisotopic (exact) mass is 214 g/mol. The molecule has 86 valence electrons. The van der Waals surface area contributed by atoms with E-state index in [1.165, 1.54) is 12.0 Å². The van der Waals surface area contributed by atoms with E-state index in [-0.39, 0.29) is 0 Å². The fourth-order valence-electron chi connectivity index (χ4n) is 2.77. The van der Waals surface area contributed by atoms with Gasteiger partial charge in [-0.15, -0.1) is 0 Å². The minimum absolute atomic E-state index is 0.657. The molecule has 1 aromatic carbocycles. The van der Waals surface area contributed by atoms with Gasteiger partial charge in [-0.3, -0.25) is 0 Å². The molecule has 0 nitrogen and oxygen atoms in total. The topological polar surface area (TPSA) is 0 Å². The van der Waals surface area contributed by atoms with E-state index in [0.29, 0.717) is 5.92 Å². The smallest absolute Gasteiger partial charge is 0.00533 e. The first-order chi connectivity index (χ1) is 7.59. The number of hydrogen-bond donors (Lipinski definition) is 0. The van der Waals surface area contributed by atoms with Crippen LogP contribution in [0, 0.1) is 5.92 Å². The van der Waals surface area contributed by atoms with Crippen LogP contribution in [0.25, 0.3) is 0 Å². The number of allylic oxidation sites excluding steroid dienone is 2. The highest BCUT2D eigenvalue weighted by Gasteiger charge is 2.23. The Bertz CT molecular complexity index is 410. The molecule has 1 aliphatic carbocycles. The van der Waals surface area contributed by atoms with Crippen molar-refractivity contribution in [2.75, 3.05) is 0 Å². The van der Waals surface area contributed by atoms with E-state index in [2.05, 4.69) is 52.0 Å². The zero-order valence-corrected chi connectivity index (χ0v) is 10.9. The fourth-order valence-corrected chi connectivity index (χ4v) is 2.77. The zero-order chi connectivity index (χ0) is 11.7. The standard InChI is InChI=1S/C16H22/c1-11(2)9-16-13(4)12(3)10-14-7-5-6-8-15(14)16/h5-8,11,16H,9-10H2,1-4H3. The molecule has 0 fully saturated rings. The molecule has 2 rings (SSSR count). The molecule has 1 aliphatic rings. The molecule has 0 radical (unpaired) electrons. The van der Waals surface area contributed by atoms with Crippen LogP contribution in [0.2, 0.25) is 0 Å². The molecule has 0 aliphatic heterocycles. The van der Waals surface area contributed by atoms with Gasteiger partial charge in [0.15, 0.2) is 0 Å². The quantitative estimate of drug-likeness (QED) is 0.625. The van der Waals surface area contributed by atoms with Gasteiger partial charge in [0.1, 0.15) is 0 Å². The van der Waals surface area contributed by atoms with Crippen molar-refractivity contribution < 1.29 is 0 Å². The summed E-state index contributed by atoms with van der Waals surface area (Å²) in [5, 5.41) is 0. The van der Waals surface area contributed by atoms with Crippen molar-refractivity contribution in [3.05, 3.63) is 46.5 Å². The van der Waals surface area contributed by atoms with Gasteiger partial charge in [0.2, 0.25) is 0 Å². The number of benzene rings is 1. The molecule has 1 unspecified atom stereocenters. The fraction of sp³-hybridized carbons (Fsp3) is 0.500. The first-order valence-electron chi connectivity index (χ1n) is 6.33. The number of rotatable bonds is 2. The van der Waals surface area contributed by atoms with Gasteiger partial charge in [0.25, 0.3) is 0 Å². The third kappa shape index (κ3) is 2.07. The number of fused-ring (bicyclic) bond motifs is 1. The van der Waals surface area contributed by atoms with Crippen LogP contribution in [-0.2, 0) is 6.42 Å². The van der Waals surface area contributed by atoms with Gasteiger partial charge >= 0.3 is 0 Å². The second kappa shape index (κ2) is 4.45. The van der Waals surface area contributed by atoms with E-state index in [1.54, 1.807) is 16.7 Å². The molecule has 0 heterocycles. The first-order valence-corrected chi connectivity index (χ1v) is 6.33. The Hall–Kier alpha value is -1.04. The first kappa shape index (κ1) is 11.4. The molecule has 0 saturated heterocycles. The van der Waals surface area contributed by atoms with Crippen molar-refractivity contribution in [2.45, 2.75) is 46.5 Å². The summed E-state index contributed by atoms with van der Waals surface area (Å²) in [5.41, 5.74) is 6.28. The average Bonchev–Trinajstić information content (AvgIpc) is 2.24. The molecule has 0 spiro atoms. The molecule has 1 aromatic rings. The maximum absolute atomic E-state index is 2.32. The Labute approximate surface area is 99.4 Å². The zero-order valence-electron chi connectivity index (χ0n) is 10.9. The Morgan fingerprint density at radius 3 is 2.56 bits per heavy atom. The summed E-state index contributed by atoms with van der Waals surface area (Å²) in [5.74, 6) is 1.42. The second-order valence-electron chi connectivity index (χ2n) is 5.52. The van der Waals surface area contributed by atoms with Crippen LogP contribution in [0.5, 0.6) is 0 Å². The average molecular weight is 214 g/mol. The maximum atomic E-state index is 2.32. The lowest BCUT2D eigenvalue weighted by Gasteiger charge is -2.29. The van der Waals surface area contributed by atoms with Crippen molar-refractivity contribution >= 4 is 0 Å².